The molecule has 0 aromatic heterocycles. The quantitative estimate of drug-likeness (QED) is 0.592. The zero-order valence-corrected chi connectivity index (χ0v) is 13.9. The number of benzene rings is 2. The Morgan fingerprint density at radius 2 is 1.18 bits per heavy atom. The third kappa shape index (κ3) is 1.64. The Balaban J connectivity index is 2.09. The highest BCUT2D eigenvalue weighted by molar-refractivity contribution is 6.52. The first-order chi connectivity index (χ1) is 10.6. The van der Waals surface area contributed by atoms with Crippen molar-refractivity contribution >= 4 is 23.2 Å². The summed E-state index contributed by atoms with van der Waals surface area (Å²) < 4.78 is 11.0. The average molecular weight is 335 g/mol. The zero-order valence-electron chi connectivity index (χ0n) is 12.3. The van der Waals surface area contributed by atoms with Crippen molar-refractivity contribution in [3.05, 3.63) is 70.8 Å². The number of alkyl halides is 2. The first kappa shape index (κ1) is 14.5. The highest BCUT2D eigenvalue weighted by atomic mass is 35.5. The van der Waals surface area contributed by atoms with Gasteiger partial charge < -0.3 is 9.47 Å². The third-order valence-electron chi connectivity index (χ3n) is 4.93. The second kappa shape index (κ2) is 4.72. The zero-order chi connectivity index (χ0) is 15.5. The lowest BCUT2D eigenvalue weighted by molar-refractivity contribution is -0.184. The minimum absolute atomic E-state index is 0.0559. The van der Waals surface area contributed by atoms with Gasteiger partial charge in [-0.1, -0.05) is 48.5 Å². The summed E-state index contributed by atoms with van der Waals surface area (Å²) in [6.45, 7) is 0. The predicted octanol–water partition coefficient (Wildman–Crippen LogP) is 4.55. The van der Waals surface area contributed by atoms with Crippen LogP contribution < -0.4 is 0 Å². The molecule has 1 fully saturated rings. The van der Waals surface area contributed by atoms with Crippen molar-refractivity contribution < 1.29 is 9.47 Å². The van der Waals surface area contributed by atoms with Crippen molar-refractivity contribution in [3.63, 3.8) is 0 Å². The molecule has 2 atom stereocenters. The number of rotatable bonds is 2. The lowest BCUT2D eigenvalue weighted by Gasteiger charge is -2.34. The van der Waals surface area contributed by atoms with Gasteiger partial charge in [0.25, 0.3) is 0 Å². The molecule has 2 aliphatic carbocycles. The van der Waals surface area contributed by atoms with Gasteiger partial charge in [0.1, 0.15) is 4.33 Å². The molecule has 0 bridgehead atoms. The monoisotopic (exact) mass is 334 g/mol. The van der Waals surface area contributed by atoms with Crippen molar-refractivity contribution in [2.75, 3.05) is 14.2 Å². The molecule has 0 saturated heterocycles. The highest BCUT2D eigenvalue weighted by Gasteiger charge is 2.68. The smallest absolute Gasteiger partial charge is 0.222 e. The topological polar surface area (TPSA) is 18.5 Å². The Hall–Kier alpha value is -1.06. The fraction of sp³-hybridized carbons (Fsp3) is 0.333. The van der Waals surface area contributed by atoms with Crippen LogP contribution in [0.3, 0.4) is 0 Å². The Labute approximate surface area is 140 Å². The van der Waals surface area contributed by atoms with Crippen LogP contribution in [0.15, 0.2) is 48.5 Å². The predicted molar refractivity (Wildman–Crippen MR) is 87.6 cm³/mol. The van der Waals surface area contributed by atoms with E-state index >= 15 is 0 Å². The molecule has 2 unspecified atom stereocenters. The second-order valence-corrected chi connectivity index (χ2v) is 7.27. The molecule has 114 valence electrons. The van der Waals surface area contributed by atoms with E-state index in [0.29, 0.717) is 0 Å². The molecule has 0 amide bonds. The van der Waals surface area contributed by atoms with Crippen LogP contribution in [0.4, 0.5) is 0 Å². The maximum Gasteiger partial charge on any atom is 0.222 e. The molecule has 2 aromatic carbocycles. The van der Waals surface area contributed by atoms with Gasteiger partial charge in [-0.3, -0.25) is 0 Å². The van der Waals surface area contributed by atoms with Gasteiger partial charge >= 0.3 is 0 Å². The van der Waals surface area contributed by atoms with Crippen LogP contribution >= 0.6 is 23.2 Å². The minimum Gasteiger partial charge on any atom is -0.346 e. The van der Waals surface area contributed by atoms with E-state index in [4.69, 9.17) is 32.7 Å². The van der Waals surface area contributed by atoms with E-state index in [9.17, 15) is 0 Å². The van der Waals surface area contributed by atoms with E-state index in [0.717, 1.165) is 22.3 Å². The molecule has 0 heterocycles. The van der Waals surface area contributed by atoms with Crippen LogP contribution in [-0.4, -0.2) is 18.6 Å². The Morgan fingerprint density at radius 3 is 1.59 bits per heavy atom. The highest BCUT2D eigenvalue weighted by Crippen LogP contribution is 2.73. The van der Waals surface area contributed by atoms with E-state index in [1.54, 1.807) is 14.2 Å². The normalized spacial score (nSPS) is 26.4. The molecule has 4 heteroatoms. The fourth-order valence-corrected chi connectivity index (χ4v) is 4.75. The van der Waals surface area contributed by atoms with Crippen LogP contribution in [0.1, 0.15) is 34.1 Å². The maximum atomic E-state index is 6.60. The molecule has 1 saturated carbocycles. The van der Waals surface area contributed by atoms with Gasteiger partial charge in [0, 0.05) is 37.2 Å². The van der Waals surface area contributed by atoms with Crippen LogP contribution in [0.25, 0.3) is 0 Å². The van der Waals surface area contributed by atoms with Crippen LogP contribution in [0.2, 0.25) is 0 Å². The number of fused-ring (bicyclic) bond motifs is 5. The van der Waals surface area contributed by atoms with Gasteiger partial charge in [-0.15, -0.1) is 23.2 Å². The van der Waals surface area contributed by atoms with Crippen LogP contribution in [-0.2, 0) is 15.3 Å². The largest absolute Gasteiger partial charge is 0.346 e. The van der Waals surface area contributed by atoms with Crippen LogP contribution in [0.5, 0.6) is 0 Å². The van der Waals surface area contributed by atoms with Crippen molar-refractivity contribution in [1.29, 1.82) is 0 Å². The number of hydrogen-bond donors (Lipinski definition) is 0. The molecule has 2 nitrogen and oxygen atoms in total. The van der Waals surface area contributed by atoms with Crippen molar-refractivity contribution in [2.24, 2.45) is 0 Å². The molecular weight excluding hydrogens is 319 g/mol. The SMILES string of the molecule is COC1(OC)c2ccccc2C2C(c3ccccc31)C2(Cl)Cl. The van der Waals surface area contributed by atoms with Crippen LogP contribution in [0, 0.1) is 0 Å². The molecule has 0 radical (unpaired) electrons. The number of halogens is 2. The van der Waals surface area contributed by atoms with Gasteiger partial charge in [0.2, 0.25) is 5.79 Å². The summed E-state index contributed by atoms with van der Waals surface area (Å²) in [5.41, 5.74) is 4.14. The molecule has 22 heavy (non-hydrogen) atoms. The van der Waals surface area contributed by atoms with E-state index in [2.05, 4.69) is 12.1 Å². The van der Waals surface area contributed by atoms with E-state index in [1.165, 1.54) is 0 Å². The van der Waals surface area contributed by atoms with Crippen molar-refractivity contribution in [2.45, 2.75) is 22.0 Å². The lowest BCUT2D eigenvalue weighted by Crippen LogP contribution is -2.34. The van der Waals surface area contributed by atoms with E-state index < -0.39 is 10.1 Å². The summed E-state index contributed by atoms with van der Waals surface area (Å²) in [5.74, 6) is -0.814. The molecule has 0 aliphatic heterocycles. The van der Waals surface area contributed by atoms with Gasteiger partial charge in [-0.25, -0.2) is 0 Å². The molecule has 4 rings (SSSR count). The molecular formula is C18H16Cl2O2. The summed E-state index contributed by atoms with van der Waals surface area (Å²) in [5, 5.41) is 0. The Morgan fingerprint density at radius 1 is 0.773 bits per heavy atom. The fourth-order valence-electron chi connectivity index (χ4n) is 3.90. The van der Waals surface area contributed by atoms with Gasteiger partial charge in [0.15, 0.2) is 0 Å². The molecule has 2 aliphatic rings. The molecule has 0 N–H and O–H groups in total. The molecule has 2 aromatic rings. The number of hydrogen-bond acceptors (Lipinski definition) is 2. The third-order valence-corrected chi connectivity index (χ3v) is 5.87. The van der Waals surface area contributed by atoms with Gasteiger partial charge in [0.05, 0.1) is 0 Å². The molecule has 0 spiro atoms. The summed E-state index contributed by atoms with van der Waals surface area (Å²) >= 11 is 13.2. The van der Waals surface area contributed by atoms with E-state index in [1.807, 2.05) is 36.4 Å². The first-order valence-corrected chi connectivity index (χ1v) is 8.00. The average Bonchev–Trinajstić information content (AvgIpc) is 3.15. The summed E-state index contributed by atoms with van der Waals surface area (Å²) in [7, 11) is 3.34. The number of methoxy groups -OCH3 is 2. The van der Waals surface area contributed by atoms with Crippen molar-refractivity contribution in [1.82, 2.24) is 0 Å². The van der Waals surface area contributed by atoms with Gasteiger partial charge in [-0.05, 0) is 11.1 Å². The summed E-state index contributed by atoms with van der Waals surface area (Å²) in [4.78, 5) is 0. The Bertz CT molecular complexity index is 680. The number of ether oxygens (including phenoxy) is 2. The maximum absolute atomic E-state index is 6.60. The van der Waals surface area contributed by atoms with E-state index in [-0.39, 0.29) is 11.8 Å². The summed E-state index contributed by atoms with van der Waals surface area (Å²) in [6.07, 6.45) is 0. The minimum atomic E-state index is -0.926. The summed E-state index contributed by atoms with van der Waals surface area (Å²) in [6, 6.07) is 16.2. The van der Waals surface area contributed by atoms with Crippen molar-refractivity contribution in [3.8, 4) is 0 Å². The Kier molecular flexibility index (Phi) is 3.11. The second-order valence-electron chi connectivity index (χ2n) is 5.83. The standard InChI is InChI=1S/C18H16Cl2O2/c1-21-18(22-2)13-9-5-3-7-11(13)15-16(17(15,19)20)12-8-4-6-10-14(12)18/h3-10,15-16H,1-2H3. The lowest BCUT2D eigenvalue weighted by atomic mass is 9.91. The first-order valence-electron chi connectivity index (χ1n) is 7.25. The van der Waals surface area contributed by atoms with Gasteiger partial charge in [-0.2, -0.15) is 0 Å².